The van der Waals surface area contributed by atoms with Crippen molar-refractivity contribution < 1.29 is 14.3 Å². The van der Waals surface area contributed by atoms with Crippen molar-refractivity contribution in [3.05, 3.63) is 23.9 Å². The number of carbonyl (C=O) groups excluding carboxylic acids is 1. The summed E-state index contributed by atoms with van der Waals surface area (Å²) in [4.78, 5) is 11.6. The number of carbonyl (C=O) groups is 1. The first kappa shape index (κ1) is 18.0. The number of nitrogens with zero attached hydrogens (tertiary/aromatic N) is 1. The van der Waals surface area contributed by atoms with E-state index in [-0.39, 0.29) is 11.4 Å². The van der Waals surface area contributed by atoms with E-state index in [1.165, 1.54) is 5.70 Å². The molecule has 2 aliphatic heterocycles. The van der Waals surface area contributed by atoms with Gasteiger partial charge in [-0.1, -0.05) is 19.6 Å². The van der Waals surface area contributed by atoms with Gasteiger partial charge in [0.15, 0.2) is 0 Å². The minimum absolute atomic E-state index is 0.194. The van der Waals surface area contributed by atoms with Crippen LogP contribution in [0.1, 0.15) is 46.0 Å². The van der Waals surface area contributed by atoms with Crippen LogP contribution >= 0.6 is 0 Å². The quantitative estimate of drug-likeness (QED) is 0.463. The molecular formula is C18H30N2O3. The van der Waals surface area contributed by atoms with Crippen LogP contribution in [0.2, 0.25) is 0 Å². The summed E-state index contributed by atoms with van der Waals surface area (Å²) < 4.78 is 10.5. The molecule has 2 rings (SSSR count). The molecule has 0 aromatic rings. The number of rotatable bonds is 6. The van der Waals surface area contributed by atoms with E-state index in [9.17, 15) is 4.79 Å². The minimum Gasteiger partial charge on any atom is -0.463 e. The van der Waals surface area contributed by atoms with E-state index in [4.69, 9.17) is 15.3 Å². The van der Waals surface area contributed by atoms with Gasteiger partial charge in [-0.05, 0) is 44.9 Å². The second-order valence-corrected chi connectivity index (χ2v) is 6.73. The molecule has 2 fully saturated rings. The van der Waals surface area contributed by atoms with E-state index in [2.05, 4.69) is 19.6 Å². The molecule has 0 saturated carbocycles. The summed E-state index contributed by atoms with van der Waals surface area (Å²) >= 11 is 0. The third-order valence-electron chi connectivity index (χ3n) is 5.04. The largest absolute Gasteiger partial charge is 0.463 e. The molecule has 130 valence electrons. The van der Waals surface area contributed by atoms with Crippen LogP contribution in [0.25, 0.3) is 0 Å². The van der Waals surface area contributed by atoms with E-state index in [1.807, 2.05) is 11.9 Å². The smallest absolute Gasteiger partial charge is 0.333 e. The topological polar surface area (TPSA) is 64.8 Å². The molecular weight excluding hydrogens is 292 g/mol. The summed E-state index contributed by atoms with van der Waals surface area (Å²) in [6.07, 6.45) is 7.04. The van der Waals surface area contributed by atoms with Crippen molar-refractivity contribution in [2.24, 2.45) is 17.2 Å². The number of ether oxygens (including phenoxy) is 2. The fraction of sp³-hybridized carbons (Fsp3) is 0.722. The zero-order chi connectivity index (χ0) is 16.9. The first-order valence-electron chi connectivity index (χ1n) is 8.65. The monoisotopic (exact) mass is 322 g/mol. The van der Waals surface area contributed by atoms with Crippen LogP contribution in [-0.4, -0.2) is 37.3 Å². The van der Waals surface area contributed by atoms with Crippen molar-refractivity contribution in [3.8, 4) is 0 Å². The molecule has 5 nitrogen and oxygen atoms in total. The number of hydrazine groups is 1. The molecule has 2 aliphatic rings. The number of allylic oxidation sites excluding steroid dienone is 2. The third kappa shape index (κ3) is 4.36. The minimum atomic E-state index is -0.283. The van der Waals surface area contributed by atoms with Gasteiger partial charge >= 0.3 is 5.97 Å². The summed E-state index contributed by atoms with van der Waals surface area (Å²) in [5.41, 5.74) is 2.00. The number of hydrogen-bond donors (Lipinski definition) is 1. The lowest BCUT2D eigenvalue weighted by Gasteiger charge is -2.35. The summed E-state index contributed by atoms with van der Waals surface area (Å²) in [6.45, 7) is 10.7. The molecule has 0 amide bonds. The predicted octanol–water partition coefficient (Wildman–Crippen LogP) is 2.78. The Bertz CT molecular complexity index is 461. The van der Waals surface area contributed by atoms with E-state index < -0.39 is 0 Å². The Morgan fingerprint density at radius 2 is 2.17 bits per heavy atom. The second kappa shape index (κ2) is 7.97. The fourth-order valence-corrected chi connectivity index (χ4v) is 3.52. The van der Waals surface area contributed by atoms with Crippen molar-refractivity contribution in [3.63, 3.8) is 0 Å². The lowest BCUT2D eigenvalue weighted by molar-refractivity contribution is -0.138. The summed E-state index contributed by atoms with van der Waals surface area (Å²) in [5.74, 6) is 6.27. The molecule has 0 radical (unpaired) electrons. The van der Waals surface area contributed by atoms with E-state index in [1.54, 1.807) is 0 Å². The Hall–Kier alpha value is -1.33. The van der Waals surface area contributed by atoms with Crippen LogP contribution in [0.3, 0.4) is 0 Å². The van der Waals surface area contributed by atoms with Crippen molar-refractivity contribution in [1.29, 1.82) is 0 Å². The molecule has 5 heteroatoms. The summed E-state index contributed by atoms with van der Waals surface area (Å²) in [6, 6.07) is 0. The first-order valence-corrected chi connectivity index (χ1v) is 8.65. The van der Waals surface area contributed by atoms with Gasteiger partial charge in [-0.3, -0.25) is 0 Å². The maximum atomic E-state index is 11.6. The Morgan fingerprint density at radius 3 is 2.83 bits per heavy atom. The fourth-order valence-electron chi connectivity index (χ4n) is 3.52. The zero-order valence-electron chi connectivity index (χ0n) is 14.5. The molecule has 2 heterocycles. The van der Waals surface area contributed by atoms with Crippen molar-refractivity contribution in [1.82, 2.24) is 5.01 Å². The predicted molar refractivity (Wildman–Crippen MR) is 90.3 cm³/mol. The first-order chi connectivity index (χ1) is 11.0. The van der Waals surface area contributed by atoms with Crippen LogP contribution in [0.15, 0.2) is 23.9 Å². The van der Waals surface area contributed by atoms with Crippen LogP contribution < -0.4 is 5.84 Å². The highest BCUT2D eigenvalue weighted by Gasteiger charge is 2.43. The Morgan fingerprint density at radius 1 is 1.48 bits per heavy atom. The molecule has 0 aromatic carbocycles. The third-order valence-corrected chi connectivity index (χ3v) is 5.04. The molecule has 0 aliphatic carbocycles. The normalized spacial score (nSPS) is 23.3. The maximum absolute atomic E-state index is 11.6. The van der Waals surface area contributed by atoms with E-state index in [0.717, 1.165) is 45.4 Å². The zero-order valence-corrected chi connectivity index (χ0v) is 14.5. The molecule has 2 N–H and O–H groups in total. The standard InChI is InChI=1S/C18H30N2O3/c1-4-23-17(21)15(3)6-5-14(2)13-16-18(7-10-20(16)19)8-11-22-12-9-18/h13-14H,3-12,19H2,1-2H3/b16-13-. The van der Waals surface area contributed by atoms with Gasteiger partial charge in [0.25, 0.3) is 0 Å². The van der Waals surface area contributed by atoms with Crippen LogP contribution in [0.4, 0.5) is 0 Å². The molecule has 1 unspecified atom stereocenters. The lowest BCUT2D eigenvalue weighted by Crippen LogP contribution is -2.34. The average Bonchev–Trinajstić information content (AvgIpc) is 2.83. The van der Waals surface area contributed by atoms with Gasteiger partial charge in [-0.2, -0.15) is 0 Å². The average molecular weight is 322 g/mol. The van der Waals surface area contributed by atoms with Crippen LogP contribution in [-0.2, 0) is 14.3 Å². The van der Waals surface area contributed by atoms with Gasteiger partial charge in [0.1, 0.15) is 0 Å². The number of nitrogens with two attached hydrogens (primary N) is 1. The maximum Gasteiger partial charge on any atom is 0.333 e. The summed E-state index contributed by atoms with van der Waals surface area (Å²) in [7, 11) is 0. The van der Waals surface area contributed by atoms with E-state index in [0.29, 0.717) is 24.5 Å². The van der Waals surface area contributed by atoms with Gasteiger partial charge in [-0.15, -0.1) is 0 Å². The second-order valence-electron chi connectivity index (χ2n) is 6.73. The SMILES string of the molecule is C=C(CCC(C)/C=C1\N(N)CCC12CCOCC2)C(=O)OCC. The van der Waals surface area contributed by atoms with Gasteiger partial charge in [0.05, 0.1) is 6.61 Å². The highest BCUT2D eigenvalue weighted by atomic mass is 16.5. The van der Waals surface area contributed by atoms with E-state index >= 15 is 0 Å². The van der Waals surface area contributed by atoms with Gasteiger partial charge in [0.2, 0.25) is 0 Å². The van der Waals surface area contributed by atoms with Crippen LogP contribution in [0, 0.1) is 11.3 Å². The molecule has 1 spiro atoms. The summed E-state index contributed by atoms with van der Waals surface area (Å²) in [5, 5.41) is 1.90. The Labute approximate surface area is 139 Å². The molecule has 2 saturated heterocycles. The lowest BCUT2D eigenvalue weighted by atomic mass is 9.76. The molecule has 0 aromatic heterocycles. The van der Waals surface area contributed by atoms with Gasteiger partial charge < -0.3 is 14.5 Å². The van der Waals surface area contributed by atoms with Crippen LogP contribution in [0.5, 0.6) is 0 Å². The van der Waals surface area contributed by atoms with Gasteiger partial charge in [0, 0.05) is 36.4 Å². The molecule has 1 atom stereocenters. The van der Waals surface area contributed by atoms with Crippen molar-refractivity contribution >= 4 is 5.97 Å². The highest BCUT2D eigenvalue weighted by Crippen LogP contribution is 2.47. The highest BCUT2D eigenvalue weighted by molar-refractivity contribution is 5.87. The Balaban J connectivity index is 1.95. The van der Waals surface area contributed by atoms with Crippen molar-refractivity contribution in [2.45, 2.75) is 46.0 Å². The van der Waals surface area contributed by atoms with Crippen molar-refractivity contribution in [2.75, 3.05) is 26.4 Å². The number of esters is 1. The molecule has 0 bridgehead atoms. The Kier molecular flexibility index (Phi) is 6.25. The molecule has 23 heavy (non-hydrogen) atoms. The number of hydrogen-bond acceptors (Lipinski definition) is 5. The van der Waals surface area contributed by atoms with Gasteiger partial charge in [-0.25, -0.2) is 10.6 Å².